The average molecular weight is 563 g/mol. The van der Waals surface area contributed by atoms with Crippen molar-refractivity contribution in [2.75, 3.05) is 17.7 Å². The molecule has 0 saturated heterocycles. The molecule has 0 aliphatic heterocycles. The third-order valence-corrected chi connectivity index (χ3v) is 5.62. The lowest BCUT2D eigenvalue weighted by atomic mass is 10.1. The topological polar surface area (TPSA) is 155 Å². The van der Waals surface area contributed by atoms with Gasteiger partial charge in [0.25, 0.3) is 5.91 Å². The van der Waals surface area contributed by atoms with Crippen molar-refractivity contribution in [3.8, 4) is 5.75 Å². The van der Waals surface area contributed by atoms with Gasteiger partial charge in [-0.1, -0.05) is 42.5 Å². The first-order chi connectivity index (χ1) is 19.4. The second-order valence-corrected chi connectivity index (χ2v) is 10.1. The Labute approximate surface area is 238 Å². The molecule has 5 N–H and O–H groups in total. The Bertz CT molecular complexity index is 1370. The van der Waals surface area contributed by atoms with E-state index >= 15 is 0 Å². The number of phenolic OH excluding ortho intramolecular Hbond substituents is 1. The van der Waals surface area contributed by atoms with Crippen molar-refractivity contribution in [2.24, 2.45) is 0 Å². The van der Waals surface area contributed by atoms with Crippen molar-refractivity contribution in [2.45, 2.75) is 45.4 Å². The SMILES string of the molecule is COC(=O)[C@H](Cc1ccccc1)NC(=O)c1ccc(NC(=O)Nc2ccc(CNC(=O)OC(C)(C)C)cc2)cc1O. The quantitative estimate of drug-likeness (QED) is 0.239. The summed E-state index contributed by atoms with van der Waals surface area (Å²) >= 11 is 0. The fraction of sp³-hybridized carbons (Fsp3) is 0.267. The number of hydrogen-bond acceptors (Lipinski definition) is 7. The molecule has 3 rings (SSSR count). The maximum Gasteiger partial charge on any atom is 0.407 e. The number of phenols is 1. The minimum absolute atomic E-state index is 0.0755. The number of benzene rings is 3. The maximum atomic E-state index is 12.8. The monoisotopic (exact) mass is 562 g/mol. The molecule has 3 aromatic carbocycles. The Morgan fingerprint density at radius 1 is 0.854 bits per heavy atom. The van der Waals surface area contributed by atoms with Crippen LogP contribution in [0.1, 0.15) is 42.3 Å². The Kier molecular flexibility index (Phi) is 10.3. The normalized spacial score (nSPS) is 11.5. The summed E-state index contributed by atoms with van der Waals surface area (Å²) in [6.07, 6.45) is -0.317. The van der Waals surface area contributed by atoms with Gasteiger partial charge in [-0.05, 0) is 56.2 Å². The fourth-order valence-corrected chi connectivity index (χ4v) is 3.71. The zero-order valence-corrected chi connectivity index (χ0v) is 23.3. The summed E-state index contributed by atoms with van der Waals surface area (Å²) in [4.78, 5) is 49.3. The molecule has 41 heavy (non-hydrogen) atoms. The van der Waals surface area contributed by atoms with Crippen molar-refractivity contribution in [3.63, 3.8) is 0 Å². The molecular weight excluding hydrogens is 528 g/mol. The first-order valence-electron chi connectivity index (χ1n) is 12.8. The number of esters is 1. The molecule has 0 aliphatic carbocycles. The van der Waals surface area contributed by atoms with Crippen molar-refractivity contribution in [3.05, 3.63) is 89.5 Å². The highest BCUT2D eigenvalue weighted by Crippen LogP contribution is 2.23. The van der Waals surface area contributed by atoms with Gasteiger partial charge in [-0.15, -0.1) is 0 Å². The Hall–Kier alpha value is -5.06. The zero-order chi connectivity index (χ0) is 30.0. The van der Waals surface area contributed by atoms with E-state index in [1.54, 1.807) is 45.0 Å². The number of urea groups is 1. The lowest BCUT2D eigenvalue weighted by Gasteiger charge is -2.19. The molecule has 0 bridgehead atoms. The third kappa shape index (κ3) is 9.88. The average Bonchev–Trinajstić information content (AvgIpc) is 2.91. The number of nitrogens with one attached hydrogen (secondary N) is 4. The zero-order valence-electron chi connectivity index (χ0n) is 23.3. The molecule has 3 aromatic rings. The van der Waals surface area contributed by atoms with Gasteiger partial charge in [0.2, 0.25) is 0 Å². The Morgan fingerprint density at radius 2 is 1.49 bits per heavy atom. The van der Waals surface area contributed by atoms with Crippen LogP contribution in [0.2, 0.25) is 0 Å². The van der Waals surface area contributed by atoms with E-state index in [1.165, 1.54) is 25.3 Å². The molecule has 0 fully saturated rings. The van der Waals surface area contributed by atoms with Crippen LogP contribution >= 0.6 is 0 Å². The summed E-state index contributed by atoms with van der Waals surface area (Å²) < 4.78 is 10.0. The summed E-state index contributed by atoms with van der Waals surface area (Å²) in [5, 5.41) is 21.0. The lowest BCUT2D eigenvalue weighted by molar-refractivity contribution is -0.142. The largest absolute Gasteiger partial charge is 0.507 e. The van der Waals surface area contributed by atoms with Crippen molar-refractivity contribution in [1.82, 2.24) is 10.6 Å². The van der Waals surface area contributed by atoms with Crippen molar-refractivity contribution in [1.29, 1.82) is 0 Å². The summed E-state index contributed by atoms with van der Waals surface area (Å²) in [6, 6.07) is 18.4. The second kappa shape index (κ2) is 13.8. The molecule has 0 aromatic heterocycles. The molecule has 0 aliphatic rings. The van der Waals surface area contributed by atoms with Crippen molar-refractivity contribution < 1.29 is 33.8 Å². The molecule has 0 heterocycles. The van der Waals surface area contributed by atoms with Crippen LogP contribution < -0.4 is 21.3 Å². The van der Waals surface area contributed by atoms with Crippen LogP contribution in [0.15, 0.2) is 72.8 Å². The highest BCUT2D eigenvalue weighted by Gasteiger charge is 2.24. The summed E-state index contributed by atoms with van der Waals surface area (Å²) in [6.45, 7) is 5.59. The lowest BCUT2D eigenvalue weighted by Crippen LogP contribution is -2.43. The number of methoxy groups -OCH3 is 1. The van der Waals surface area contributed by atoms with Crippen LogP contribution in [-0.4, -0.2) is 47.9 Å². The van der Waals surface area contributed by atoms with E-state index in [9.17, 15) is 24.3 Å². The van der Waals surface area contributed by atoms with Crippen LogP contribution in [0.4, 0.5) is 21.0 Å². The van der Waals surface area contributed by atoms with Crippen LogP contribution in [-0.2, 0) is 27.2 Å². The van der Waals surface area contributed by atoms with E-state index in [0.717, 1.165) is 11.1 Å². The molecule has 11 nitrogen and oxygen atoms in total. The van der Waals surface area contributed by atoms with Crippen LogP contribution in [0.3, 0.4) is 0 Å². The van der Waals surface area contributed by atoms with Crippen LogP contribution in [0, 0.1) is 0 Å². The third-order valence-electron chi connectivity index (χ3n) is 5.62. The van der Waals surface area contributed by atoms with Gasteiger partial charge in [-0.2, -0.15) is 0 Å². The standard InChI is InChI=1S/C30H34N4O7/c1-30(2,3)41-29(39)31-18-20-10-12-21(13-11-20)32-28(38)33-22-14-15-23(25(35)17-22)26(36)34-24(27(37)40-4)16-19-8-6-5-7-9-19/h5-15,17,24,35H,16,18H2,1-4H3,(H,31,39)(H,34,36)(H2,32,33,38)/t24-/m0/s1. The summed E-state index contributed by atoms with van der Waals surface area (Å²) in [5.41, 5.74) is 1.70. The van der Waals surface area contributed by atoms with Gasteiger partial charge in [-0.25, -0.2) is 14.4 Å². The highest BCUT2D eigenvalue weighted by atomic mass is 16.6. The van der Waals surface area contributed by atoms with E-state index in [-0.39, 0.29) is 30.0 Å². The molecule has 216 valence electrons. The minimum Gasteiger partial charge on any atom is -0.507 e. The predicted molar refractivity (Wildman–Crippen MR) is 154 cm³/mol. The molecule has 4 amide bonds. The van der Waals surface area contributed by atoms with E-state index in [1.807, 2.05) is 30.3 Å². The Balaban J connectivity index is 1.55. The number of carbonyl (C=O) groups excluding carboxylic acids is 4. The van der Waals surface area contributed by atoms with Gasteiger partial charge in [0.1, 0.15) is 17.4 Å². The number of carbonyl (C=O) groups is 4. The molecule has 11 heteroatoms. The van der Waals surface area contributed by atoms with E-state index in [2.05, 4.69) is 21.3 Å². The van der Waals surface area contributed by atoms with Gasteiger partial charge in [0, 0.05) is 30.4 Å². The number of aromatic hydroxyl groups is 1. The van der Waals surface area contributed by atoms with E-state index in [0.29, 0.717) is 5.69 Å². The summed E-state index contributed by atoms with van der Waals surface area (Å²) in [5.74, 6) is -1.68. The fourth-order valence-electron chi connectivity index (χ4n) is 3.71. The molecule has 0 unspecified atom stereocenters. The number of ether oxygens (including phenoxy) is 2. The minimum atomic E-state index is -0.961. The Morgan fingerprint density at radius 3 is 2.10 bits per heavy atom. The van der Waals surface area contributed by atoms with Crippen LogP contribution in [0.25, 0.3) is 0 Å². The van der Waals surface area contributed by atoms with Gasteiger partial charge in [-0.3, -0.25) is 4.79 Å². The number of anilines is 2. The first kappa shape index (κ1) is 30.5. The van der Waals surface area contributed by atoms with Gasteiger partial charge in [0.15, 0.2) is 0 Å². The summed E-state index contributed by atoms with van der Waals surface area (Å²) in [7, 11) is 1.23. The number of amides is 4. The number of alkyl carbamates (subject to hydrolysis) is 1. The first-order valence-corrected chi connectivity index (χ1v) is 12.8. The van der Waals surface area contributed by atoms with E-state index in [4.69, 9.17) is 9.47 Å². The van der Waals surface area contributed by atoms with Crippen molar-refractivity contribution >= 4 is 35.4 Å². The molecular formula is C30H34N4O7. The molecule has 1 atom stereocenters. The van der Waals surface area contributed by atoms with E-state index < -0.39 is 35.6 Å². The molecule has 0 radical (unpaired) electrons. The van der Waals surface area contributed by atoms with Gasteiger partial charge < -0.3 is 35.8 Å². The predicted octanol–water partition coefficient (Wildman–Crippen LogP) is 4.58. The molecule has 0 spiro atoms. The smallest absolute Gasteiger partial charge is 0.407 e. The van der Waals surface area contributed by atoms with Gasteiger partial charge >= 0.3 is 18.1 Å². The highest BCUT2D eigenvalue weighted by molar-refractivity contribution is 6.02. The number of hydrogen-bond donors (Lipinski definition) is 5. The van der Waals surface area contributed by atoms with Crippen LogP contribution in [0.5, 0.6) is 5.75 Å². The second-order valence-electron chi connectivity index (χ2n) is 10.1. The number of rotatable bonds is 9. The maximum absolute atomic E-state index is 12.8. The molecule has 0 saturated carbocycles. The van der Waals surface area contributed by atoms with Gasteiger partial charge in [0.05, 0.1) is 12.7 Å².